The first-order valence-electron chi connectivity index (χ1n) is 7.28. The smallest absolute Gasteiger partial charge is 0.414 e. The van der Waals surface area contributed by atoms with Crippen LogP contribution in [0.4, 0.5) is 10.5 Å². The number of amides is 2. The summed E-state index contributed by atoms with van der Waals surface area (Å²) in [5, 5.41) is 11.8. The summed E-state index contributed by atoms with van der Waals surface area (Å²) in [6.07, 6.45) is 1.04. The predicted octanol–water partition coefficient (Wildman–Crippen LogP) is 1.70. The number of nitrogens with one attached hydrogen (secondary N) is 1. The molecule has 2 amide bonds. The third-order valence-electron chi connectivity index (χ3n) is 4.15. The van der Waals surface area contributed by atoms with Crippen molar-refractivity contribution in [3.8, 4) is 6.07 Å². The van der Waals surface area contributed by atoms with Gasteiger partial charge in [0.15, 0.2) is 0 Å². The van der Waals surface area contributed by atoms with Crippen LogP contribution in [-0.4, -0.2) is 31.2 Å². The Bertz CT molecular complexity index is 644. The van der Waals surface area contributed by atoms with Gasteiger partial charge in [-0.25, -0.2) is 4.79 Å². The van der Waals surface area contributed by atoms with Crippen molar-refractivity contribution in [1.82, 2.24) is 5.32 Å². The highest BCUT2D eigenvalue weighted by Crippen LogP contribution is 2.47. The SMILES string of the molecule is CC(=O)NC[C@H]1CN(c2ccc(C3(C#N)CC3)cc2)C(=O)O1. The normalized spacial score (nSPS) is 21.9. The molecule has 6 heteroatoms. The molecule has 0 aromatic heterocycles. The molecule has 1 saturated carbocycles. The second-order valence-electron chi connectivity index (χ2n) is 5.79. The van der Waals surface area contributed by atoms with Crippen molar-refractivity contribution < 1.29 is 14.3 Å². The van der Waals surface area contributed by atoms with E-state index >= 15 is 0 Å². The van der Waals surface area contributed by atoms with E-state index in [0.717, 1.165) is 24.1 Å². The van der Waals surface area contributed by atoms with Gasteiger partial charge in [0.2, 0.25) is 5.91 Å². The first-order valence-corrected chi connectivity index (χ1v) is 7.28. The minimum absolute atomic E-state index is 0.148. The molecule has 1 aliphatic heterocycles. The Hall–Kier alpha value is -2.55. The van der Waals surface area contributed by atoms with E-state index in [-0.39, 0.29) is 17.4 Å². The van der Waals surface area contributed by atoms with Crippen LogP contribution < -0.4 is 10.2 Å². The summed E-state index contributed by atoms with van der Waals surface area (Å²) in [6, 6.07) is 9.85. The number of benzene rings is 1. The van der Waals surface area contributed by atoms with Gasteiger partial charge in [-0.2, -0.15) is 5.26 Å². The number of hydrogen-bond acceptors (Lipinski definition) is 4. The lowest BCUT2D eigenvalue weighted by Gasteiger charge is -2.14. The number of nitriles is 1. The van der Waals surface area contributed by atoms with Crippen LogP contribution in [0.25, 0.3) is 0 Å². The summed E-state index contributed by atoms with van der Waals surface area (Å²) in [4.78, 5) is 24.4. The third kappa shape index (κ3) is 2.62. The topological polar surface area (TPSA) is 82.4 Å². The summed E-state index contributed by atoms with van der Waals surface area (Å²) in [5.74, 6) is -0.148. The van der Waals surface area contributed by atoms with E-state index in [1.54, 1.807) is 4.90 Å². The Morgan fingerprint density at radius 2 is 2.14 bits per heavy atom. The Balaban J connectivity index is 1.68. The fourth-order valence-corrected chi connectivity index (χ4v) is 2.65. The van der Waals surface area contributed by atoms with Gasteiger partial charge in [0, 0.05) is 12.6 Å². The average molecular weight is 299 g/mol. The number of anilines is 1. The standard InChI is InChI=1S/C16H17N3O3/c1-11(20)18-8-14-9-19(15(21)22-14)13-4-2-12(3-5-13)16(10-17)6-7-16/h2-5,14H,6-9H2,1H3,(H,18,20)/t14-/m0/s1. The number of carbonyl (C=O) groups excluding carboxylic acids is 2. The molecule has 1 aromatic carbocycles. The zero-order valence-corrected chi connectivity index (χ0v) is 12.3. The van der Waals surface area contributed by atoms with Crippen molar-refractivity contribution in [3.05, 3.63) is 29.8 Å². The minimum atomic E-state index is -0.412. The third-order valence-corrected chi connectivity index (χ3v) is 4.15. The van der Waals surface area contributed by atoms with E-state index in [2.05, 4.69) is 11.4 Å². The summed E-state index contributed by atoms with van der Waals surface area (Å²) < 4.78 is 5.23. The lowest BCUT2D eigenvalue weighted by molar-refractivity contribution is -0.119. The number of ether oxygens (including phenoxy) is 1. The van der Waals surface area contributed by atoms with Crippen LogP contribution in [0.15, 0.2) is 24.3 Å². The quantitative estimate of drug-likeness (QED) is 0.917. The molecule has 2 fully saturated rings. The molecule has 0 radical (unpaired) electrons. The van der Waals surface area contributed by atoms with Crippen molar-refractivity contribution in [1.29, 1.82) is 5.26 Å². The fourth-order valence-electron chi connectivity index (χ4n) is 2.65. The van der Waals surface area contributed by atoms with E-state index in [0.29, 0.717) is 13.1 Å². The van der Waals surface area contributed by atoms with Gasteiger partial charge in [0.25, 0.3) is 0 Å². The highest BCUT2D eigenvalue weighted by atomic mass is 16.6. The molecule has 114 valence electrons. The molecule has 2 aliphatic rings. The minimum Gasteiger partial charge on any atom is -0.442 e. The van der Waals surface area contributed by atoms with Crippen LogP contribution >= 0.6 is 0 Å². The average Bonchev–Trinajstić information content (AvgIpc) is 3.23. The summed E-state index contributed by atoms with van der Waals surface area (Å²) in [7, 11) is 0. The van der Waals surface area contributed by atoms with Crippen molar-refractivity contribution in [2.24, 2.45) is 0 Å². The first-order chi connectivity index (χ1) is 10.5. The largest absolute Gasteiger partial charge is 0.442 e. The highest BCUT2D eigenvalue weighted by Gasteiger charge is 2.44. The van der Waals surface area contributed by atoms with Crippen molar-refractivity contribution in [3.63, 3.8) is 0 Å². The van der Waals surface area contributed by atoms with Crippen LogP contribution in [0, 0.1) is 11.3 Å². The van der Waals surface area contributed by atoms with Crippen LogP contribution in [0.5, 0.6) is 0 Å². The van der Waals surface area contributed by atoms with Gasteiger partial charge in [0.05, 0.1) is 24.6 Å². The predicted molar refractivity (Wildman–Crippen MR) is 79.3 cm³/mol. The number of nitrogens with zero attached hydrogens (tertiary/aromatic N) is 2. The monoisotopic (exact) mass is 299 g/mol. The fraction of sp³-hybridized carbons (Fsp3) is 0.438. The summed E-state index contributed by atoms with van der Waals surface area (Å²) >= 11 is 0. The van der Waals surface area contributed by atoms with Crippen molar-refractivity contribution in [2.45, 2.75) is 31.3 Å². The Morgan fingerprint density at radius 3 is 2.68 bits per heavy atom. The Kier molecular flexibility index (Phi) is 3.49. The second kappa shape index (κ2) is 5.34. The van der Waals surface area contributed by atoms with Gasteiger partial charge in [-0.3, -0.25) is 9.69 Å². The molecule has 0 unspecified atom stereocenters. The maximum absolute atomic E-state index is 11.9. The van der Waals surface area contributed by atoms with Gasteiger partial charge in [-0.05, 0) is 30.5 Å². The molecule has 1 atom stereocenters. The van der Waals surface area contributed by atoms with Crippen LogP contribution in [0.1, 0.15) is 25.3 Å². The molecule has 3 rings (SSSR count). The molecular weight excluding hydrogens is 282 g/mol. The molecule has 0 bridgehead atoms. The zero-order chi connectivity index (χ0) is 15.7. The number of rotatable bonds is 4. The molecule has 1 aliphatic carbocycles. The molecule has 1 aromatic rings. The van der Waals surface area contributed by atoms with Gasteiger partial charge >= 0.3 is 6.09 Å². The molecule has 22 heavy (non-hydrogen) atoms. The highest BCUT2D eigenvalue weighted by molar-refractivity contribution is 5.89. The molecule has 6 nitrogen and oxygen atoms in total. The molecular formula is C16H17N3O3. The maximum atomic E-state index is 11.9. The van der Waals surface area contributed by atoms with E-state index in [1.165, 1.54) is 6.92 Å². The molecule has 1 saturated heterocycles. The molecule has 0 spiro atoms. The maximum Gasteiger partial charge on any atom is 0.414 e. The summed E-state index contributed by atoms with van der Waals surface area (Å²) in [5.41, 5.74) is 1.42. The Labute approximate surface area is 128 Å². The number of carbonyl (C=O) groups is 2. The van der Waals surface area contributed by atoms with Crippen LogP contribution in [0.3, 0.4) is 0 Å². The second-order valence-corrected chi connectivity index (χ2v) is 5.79. The number of cyclic esters (lactones) is 1. The van der Waals surface area contributed by atoms with E-state index in [4.69, 9.17) is 4.74 Å². The van der Waals surface area contributed by atoms with Crippen molar-refractivity contribution in [2.75, 3.05) is 18.0 Å². The zero-order valence-electron chi connectivity index (χ0n) is 12.3. The van der Waals surface area contributed by atoms with Gasteiger partial charge in [0.1, 0.15) is 6.10 Å². The van der Waals surface area contributed by atoms with Crippen LogP contribution in [-0.2, 0) is 14.9 Å². The van der Waals surface area contributed by atoms with Gasteiger partial charge in [-0.1, -0.05) is 12.1 Å². The van der Waals surface area contributed by atoms with Gasteiger partial charge < -0.3 is 10.1 Å². The van der Waals surface area contributed by atoms with Gasteiger partial charge in [-0.15, -0.1) is 0 Å². The number of hydrogen-bond donors (Lipinski definition) is 1. The van der Waals surface area contributed by atoms with Crippen molar-refractivity contribution >= 4 is 17.7 Å². The summed E-state index contributed by atoms with van der Waals surface area (Å²) in [6.45, 7) is 2.14. The lowest BCUT2D eigenvalue weighted by atomic mass is 9.97. The molecule has 1 N–H and O–H groups in total. The Morgan fingerprint density at radius 1 is 1.45 bits per heavy atom. The first kappa shape index (κ1) is 14.4. The van der Waals surface area contributed by atoms with E-state index in [1.807, 2.05) is 24.3 Å². The van der Waals surface area contributed by atoms with E-state index in [9.17, 15) is 14.9 Å². The molecule has 1 heterocycles. The lowest BCUT2D eigenvalue weighted by Crippen LogP contribution is -2.33. The van der Waals surface area contributed by atoms with Crippen LogP contribution in [0.2, 0.25) is 0 Å². The van der Waals surface area contributed by atoms with E-state index < -0.39 is 6.09 Å².